The summed E-state index contributed by atoms with van der Waals surface area (Å²) in [6.07, 6.45) is 0. The first kappa shape index (κ1) is 14.6. The van der Waals surface area contributed by atoms with Crippen LogP contribution >= 0.6 is 11.3 Å². The predicted octanol–water partition coefficient (Wildman–Crippen LogP) is 2.41. The van der Waals surface area contributed by atoms with Crippen molar-refractivity contribution in [3.05, 3.63) is 21.9 Å². The van der Waals surface area contributed by atoms with Crippen LogP contribution in [0.2, 0.25) is 0 Å². The Kier molecular flexibility index (Phi) is 6.73. The number of likely N-dealkylation sites (N-methyl/N-ethyl adjacent to an activating group) is 1. The lowest BCUT2D eigenvalue weighted by atomic mass is 10.2. The van der Waals surface area contributed by atoms with Crippen molar-refractivity contribution in [1.29, 1.82) is 0 Å². The number of hydrogen-bond donors (Lipinski definition) is 1. The van der Waals surface area contributed by atoms with Gasteiger partial charge in [0.25, 0.3) is 0 Å². The van der Waals surface area contributed by atoms with Crippen molar-refractivity contribution < 1.29 is 4.74 Å². The maximum Gasteiger partial charge on any atom is 0.0593 e. The summed E-state index contributed by atoms with van der Waals surface area (Å²) >= 11 is 1.84. The molecule has 1 atom stereocenters. The molecule has 4 heteroatoms. The summed E-state index contributed by atoms with van der Waals surface area (Å²) in [5, 5.41) is 0. The molecular formula is C13H24N2OS. The van der Waals surface area contributed by atoms with Gasteiger partial charge in [-0.2, -0.15) is 0 Å². The molecule has 0 aliphatic carbocycles. The molecule has 1 heterocycles. The monoisotopic (exact) mass is 256 g/mol. The Morgan fingerprint density at radius 2 is 2.18 bits per heavy atom. The number of nitrogens with two attached hydrogens (primary N) is 1. The van der Waals surface area contributed by atoms with Gasteiger partial charge >= 0.3 is 0 Å². The van der Waals surface area contributed by atoms with Crippen molar-refractivity contribution in [3.63, 3.8) is 0 Å². The zero-order chi connectivity index (χ0) is 12.7. The second-order valence-corrected chi connectivity index (χ2v) is 5.34. The van der Waals surface area contributed by atoms with Crippen molar-refractivity contribution in [1.82, 2.24) is 4.90 Å². The van der Waals surface area contributed by atoms with Gasteiger partial charge in [-0.1, -0.05) is 6.92 Å². The van der Waals surface area contributed by atoms with E-state index >= 15 is 0 Å². The molecule has 0 spiro atoms. The fourth-order valence-electron chi connectivity index (χ4n) is 1.94. The quantitative estimate of drug-likeness (QED) is 0.726. The lowest BCUT2D eigenvalue weighted by Gasteiger charge is -2.28. The predicted molar refractivity (Wildman–Crippen MR) is 74.6 cm³/mol. The Hall–Kier alpha value is -0.420. The van der Waals surface area contributed by atoms with Crippen LogP contribution in [0.25, 0.3) is 0 Å². The van der Waals surface area contributed by atoms with Gasteiger partial charge in [-0.05, 0) is 32.5 Å². The average Bonchev–Trinajstić information content (AvgIpc) is 2.75. The standard InChI is InChI=1S/C13H24N2OS/c1-4-15(8-9-16-5-2)12(10-14)13-7-6-11(3)17-13/h6-7,12H,4-5,8-10,14H2,1-3H3. The van der Waals surface area contributed by atoms with E-state index in [2.05, 4.69) is 30.9 Å². The Bertz CT molecular complexity index is 314. The van der Waals surface area contributed by atoms with E-state index < -0.39 is 0 Å². The fraction of sp³-hybridized carbons (Fsp3) is 0.692. The molecule has 0 bridgehead atoms. The lowest BCUT2D eigenvalue weighted by molar-refractivity contribution is 0.0988. The maximum absolute atomic E-state index is 5.92. The minimum atomic E-state index is 0.333. The van der Waals surface area contributed by atoms with E-state index in [1.54, 1.807) is 0 Å². The first-order valence-electron chi connectivity index (χ1n) is 6.31. The average molecular weight is 256 g/mol. The third-order valence-electron chi connectivity index (χ3n) is 2.89. The maximum atomic E-state index is 5.92. The molecule has 0 saturated carbocycles. The van der Waals surface area contributed by atoms with E-state index in [9.17, 15) is 0 Å². The van der Waals surface area contributed by atoms with E-state index in [0.717, 1.165) is 26.3 Å². The van der Waals surface area contributed by atoms with E-state index in [4.69, 9.17) is 10.5 Å². The Balaban J connectivity index is 2.62. The van der Waals surface area contributed by atoms with Gasteiger partial charge in [0.2, 0.25) is 0 Å². The van der Waals surface area contributed by atoms with Crippen LogP contribution in [0.15, 0.2) is 12.1 Å². The smallest absolute Gasteiger partial charge is 0.0593 e. The molecule has 2 N–H and O–H groups in total. The molecule has 0 aliphatic rings. The highest BCUT2D eigenvalue weighted by atomic mass is 32.1. The summed E-state index contributed by atoms with van der Waals surface area (Å²) < 4.78 is 5.42. The van der Waals surface area contributed by atoms with Crippen LogP contribution < -0.4 is 5.73 Å². The molecule has 0 aromatic carbocycles. The Morgan fingerprint density at radius 1 is 1.41 bits per heavy atom. The molecule has 17 heavy (non-hydrogen) atoms. The van der Waals surface area contributed by atoms with E-state index in [1.807, 2.05) is 18.3 Å². The third kappa shape index (κ3) is 4.39. The minimum absolute atomic E-state index is 0.333. The van der Waals surface area contributed by atoms with Crippen molar-refractivity contribution >= 4 is 11.3 Å². The summed E-state index contributed by atoms with van der Waals surface area (Å²) in [7, 11) is 0. The highest BCUT2D eigenvalue weighted by molar-refractivity contribution is 7.12. The molecule has 1 aromatic heterocycles. The molecule has 1 rings (SSSR count). The topological polar surface area (TPSA) is 38.5 Å². The van der Waals surface area contributed by atoms with Gasteiger partial charge in [-0.3, -0.25) is 4.90 Å². The molecule has 98 valence electrons. The van der Waals surface area contributed by atoms with Crippen LogP contribution in [-0.4, -0.2) is 37.7 Å². The normalized spacial score (nSPS) is 13.2. The summed E-state index contributed by atoms with van der Waals surface area (Å²) in [5.41, 5.74) is 5.92. The van der Waals surface area contributed by atoms with Gasteiger partial charge in [0.15, 0.2) is 0 Å². The van der Waals surface area contributed by atoms with Crippen molar-refractivity contribution in [3.8, 4) is 0 Å². The van der Waals surface area contributed by atoms with Crippen molar-refractivity contribution in [2.75, 3.05) is 32.8 Å². The van der Waals surface area contributed by atoms with Gasteiger partial charge in [0.1, 0.15) is 0 Å². The van der Waals surface area contributed by atoms with Crippen molar-refractivity contribution in [2.45, 2.75) is 26.8 Å². The molecular weight excluding hydrogens is 232 g/mol. The summed E-state index contributed by atoms with van der Waals surface area (Å²) in [6, 6.07) is 4.69. The molecule has 1 unspecified atom stereocenters. The molecule has 0 radical (unpaired) electrons. The fourth-order valence-corrected chi connectivity index (χ4v) is 2.96. The van der Waals surface area contributed by atoms with Gasteiger partial charge in [0, 0.05) is 29.5 Å². The van der Waals surface area contributed by atoms with Crippen LogP contribution in [0.4, 0.5) is 0 Å². The SMILES string of the molecule is CCOCCN(CC)C(CN)c1ccc(C)s1. The van der Waals surface area contributed by atoms with Crippen LogP contribution in [0.5, 0.6) is 0 Å². The van der Waals surface area contributed by atoms with Crippen LogP contribution in [0.3, 0.4) is 0 Å². The third-order valence-corrected chi connectivity index (χ3v) is 3.99. The second kappa shape index (κ2) is 7.82. The van der Waals surface area contributed by atoms with E-state index in [0.29, 0.717) is 12.6 Å². The summed E-state index contributed by atoms with van der Waals surface area (Å²) in [6.45, 7) is 10.5. The van der Waals surface area contributed by atoms with Crippen molar-refractivity contribution in [2.24, 2.45) is 5.73 Å². The molecule has 0 saturated heterocycles. The molecule has 0 amide bonds. The highest BCUT2D eigenvalue weighted by Crippen LogP contribution is 2.26. The Labute approximate surface area is 109 Å². The molecule has 3 nitrogen and oxygen atoms in total. The van der Waals surface area contributed by atoms with Gasteiger partial charge in [0.05, 0.1) is 12.6 Å². The van der Waals surface area contributed by atoms with Crippen LogP contribution in [0, 0.1) is 6.92 Å². The van der Waals surface area contributed by atoms with E-state index in [1.165, 1.54) is 9.75 Å². The molecule has 1 aromatic rings. The zero-order valence-corrected chi connectivity index (χ0v) is 11.9. The summed E-state index contributed by atoms with van der Waals surface area (Å²) in [5.74, 6) is 0. The molecule has 0 aliphatic heterocycles. The van der Waals surface area contributed by atoms with Gasteiger partial charge in [-0.25, -0.2) is 0 Å². The summed E-state index contributed by atoms with van der Waals surface area (Å²) in [4.78, 5) is 5.10. The largest absolute Gasteiger partial charge is 0.380 e. The second-order valence-electron chi connectivity index (χ2n) is 4.03. The highest BCUT2D eigenvalue weighted by Gasteiger charge is 2.18. The number of hydrogen-bond acceptors (Lipinski definition) is 4. The number of rotatable bonds is 8. The number of thiophene rings is 1. The molecule has 0 fully saturated rings. The zero-order valence-electron chi connectivity index (χ0n) is 11.1. The number of ether oxygens (including phenoxy) is 1. The van der Waals surface area contributed by atoms with Gasteiger partial charge in [-0.15, -0.1) is 11.3 Å². The number of aryl methyl sites for hydroxylation is 1. The first-order valence-corrected chi connectivity index (χ1v) is 7.12. The van der Waals surface area contributed by atoms with E-state index in [-0.39, 0.29) is 0 Å². The minimum Gasteiger partial charge on any atom is -0.380 e. The van der Waals surface area contributed by atoms with Gasteiger partial charge < -0.3 is 10.5 Å². The first-order chi connectivity index (χ1) is 8.22. The van der Waals surface area contributed by atoms with Crippen LogP contribution in [-0.2, 0) is 4.74 Å². The number of nitrogens with zero attached hydrogens (tertiary/aromatic N) is 1. The van der Waals surface area contributed by atoms with Crippen LogP contribution in [0.1, 0.15) is 29.6 Å². The Morgan fingerprint density at radius 3 is 2.65 bits per heavy atom. The lowest BCUT2D eigenvalue weighted by Crippen LogP contribution is -2.35.